The number of nitrogens with zero attached hydrogens (tertiary/aromatic N) is 5. The Bertz CT molecular complexity index is 2420. The number of aromatic nitrogens is 2. The van der Waals surface area contributed by atoms with Crippen LogP contribution in [0.3, 0.4) is 0 Å². The Balaban J connectivity index is 0.895. The molecule has 5 amide bonds. The van der Waals surface area contributed by atoms with E-state index in [1.165, 1.54) is 12.1 Å². The number of hydrogen-bond acceptors (Lipinski definition) is 10. The molecule has 1 spiro atoms. The van der Waals surface area contributed by atoms with Crippen LogP contribution in [-0.4, -0.2) is 100 Å². The Morgan fingerprint density at radius 1 is 0.927 bits per heavy atom. The molecule has 1 N–H and O–H groups in total. The van der Waals surface area contributed by atoms with Gasteiger partial charge < -0.3 is 18.9 Å². The number of amides is 5. The number of likely N-dealkylation sites (tertiary alicyclic amines) is 2. The van der Waals surface area contributed by atoms with Crippen molar-refractivity contribution in [2.24, 2.45) is 12.5 Å². The van der Waals surface area contributed by atoms with Gasteiger partial charge in [0.05, 0.1) is 36.3 Å². The number of fused-ring (bicyclic) bond motifs is 2. The van der Waals surface area contributed by atoms with E-state index in [0.717, 1.165) is 52.9 Å². The molecule has 0 bridgehead atoms. The molecule has 1 atom stereocenters. The second kappa shape index (κ2) is 13.8. The van der Waals surface area contributed by atoms with Crippen molar-refractivity contribution in [2.75, 3.05) is 40.4 Å². The summed E-state index contributed by atoms with van der Waals surface area (Å²) in [6, 6.07) is 9.28. The number of pyridine rings is 2. The van der Waals surface area contributed by atoms with Gasteiger partial charge in [0.15, 0.2) is 0 Å². The number of carbonyl (C=O) groups excluding carboxylic acids is 5. The number of rotatable bonds is 6. The van der Waals surface area contributed by atoms with E-state index in [2.05, 4.69) is 27.0 Å². The van der Waals surface area contributed by atoms with Gasteiger partial charge in [-0.05, 0) is 72.0 Å². The Hall–Kier alpha value is -6.33. The first-order chi connectivity index (χ1) is 26.5. The number of methoxy groups -OCH3 is 2. The third kappa shape index (κ3) is 6.30. The molecule has 55 heavy (non-hydrogen) atoms. The number of aryl methyl sites for hydroxylation is 1. The molecule has 8 rings (SSSR count). The van der Waals surface area contributed by atoms with Gasteiger partial charge in [0.2, 0.25) is 11.8 Å². The van der Waals surface area contributed by atoms with Crippen LogP contribution >= 0.6 is 0 Å². The molecule has 6 heterocycles. The normalized spacial score (nSPS) is 19.1. The molecular weight excluding hydrogens is 704 g/mol. The standard InChI is InChI=1S/C41H38N6O8/c1-44-20-30(26-10-13-42-19-29(26)38(44)51)25-17-33(54-2)31(34(18-25)55-3)21-45-22-41(23-45)11-14-46(15-12-41)36(49)9-5-24-4-6-27-28(16-24)40(53)47(39(27)52)32-7-8-35(48)43-37(32)50/h4,6,10,13,16-20,32H,7-8,11-12,14-15,21-23H2,1-3H3,(H,43,48,50). The lowest BCUT2D eigenvalue weighted by Gasteiger charge is -2.54. The first kappa shape index (κ1) is 35.7. The van der Waals surface area contributed by atoms with Gasteiger partial charge in [0, 0.05) is 81.8 Å². The lowest BCUT2D eigenvalue weighted by atomic mass is 9.72. The molecule has 2 aromatic carbocycles. The first-order valence-corrected chi connectivity index (χ1v) is 18.1. The van der Waals surface area contributed by atoms with Crippen LogP contribution in [0.25, 0.3) is 21.9 Å². The predicted molar refractivity (Wildman–Crippen MR) is 199 cm³/mol. The molecule has 4 aliphatic rings. The molecular formula is C41H38N6O8. The highest BCUT2D eigenvalue weighted by atomic mass is 16.5. The van der Waals surface area contributed by atoms with Gasteiger partial charge >= 0.3 is 0 Å². The van der Waals surface area contributed by atoms with Gasteiger partial charge in [0.25, 0.3) is 23.3 Å². The Morgan fingerprint density at radius 3 is 2.33 bits per heavy atom. The van der Waals surface area contributed by atoms with Crippen molar-refractivity contribution in [3.63, 3.8) is 0 Å². The summed E-state index contributed by atoms with van der Waals surface area (Å²) in [7, 11) is 5.00. The summed E-state index contributed by atoms with van der Waals surface area (Å²) in [5, 5.41) is 3.52. The van der Waals surface area contributed by atoms with Gasteiger partial charge in [-0.3, -0.25) is 48.9 Å². The van der Waals surface area contributed by atoms with Gasteiger partial charge in [-0.2, -0.15) is 0 Å². The summed E-state index contributed by atoms with van der Waals surface area (Å²) in [5.74, 6) is 4.30. The van der Waals surface area contributed by atoms with Gasteiger partial charge in [0.1, 0.15) is 17.5 Å². The highest BCUT2D eigenvalue weighted by Gasteiger charge is 2.46. The largest absolute Gasteiger partial charge is 0.496 e. The third-order valence-corrected chi connectivity index (χ3v) is 11.3. The van der Waals surface area contributed by atoms with Crippen LogP contribution in [0, 0.1) is 17.3 Å². The SMILES string of the molecule is COc1cc(-c2cn(C)c(=O)c3cnccc23)cc(OC)c1CN1CC2(CCN(C(=O)C#Cc3ccc4c(c3)C(=O)N(C3CCC(=O)NC3=O)C4=O)CC2)C1. The highest BCUT2D eigenvalue weighted by molar-refractivity contribution is 6.23. The van der Waals surface area contributed by atoms with Crippen molar-refractivity contribution in [3.8, 4) is 34.5 Å². The predicted octanol–water partition coefficient (Wildman–Crippen LogP) is 2.50. The van der Waals surface area contributed by atoms with E-state index in [-0.39, 0.29) is 40.8 Å². The van der Waals surface area contributed by atoms with Crippen molar-refractivity contribution in [2.45, 2.75) is 38.3 Å². The summed E-state index contributed by atoms with van der Waals surface area (Å²) in [6.07, 6.45) is 6.86. The van der Waals surface area contributed by atoms with E-state index < -0.39 is 29.7 Å². The van der Waals surface area contributed by atoms with E-state index in [0.29, 0.717) is 42.1 Å². The summed E-state index contributed by atoms with van der Waals surface area (Å²) >= 11 is 0. The average molecular weight is 743 g/mol. The quantitative estimate of drug-likeness (QED) is 0.230. The van der Waals surface area contributed by atoms with Crippen LogP contribution in [-0.2, 0) is 28.0 Å². The van der Waals surface area contributed by atoms with Crippen molar-refractivity contribution in [3.05, 3.63) is 87.6 Å². The molecule has 280 valence electrons. The van der Waals surface area contributed by atoms with E-state index in [1.807, 2.05) is 24.4 Å². The van der Waals surface area contributed by atoms with Crippen LogP contribution in [0.15, 0.2) is 59.8 Å². The Morgan fingerprint density at radius 2 is 1.64 bits per heavy atom. The maximum Gasteiger partial charge on any atom is 0.298 e. The summed E-state index contributed by atoms with van der Waals surface area (Å²) in [5.41, 5.74) is 3.31. The zero-order valence-corrected chi connectivity index (χ0v) is 30.6. The van der Waals surface area contributed by atoms with Crippen LogP contribution in [0.1, 0.15) is 57.5 Å². The molecule has 0 radical (unpaired) electrons. The minimum absolute atomic E-state index is 0.0375. The van der Waals surface area contributed by atoms with Crippen molar-refractivity contribution in [1.82, 2.24) is 29.6 Å². The molecule has 0 saturated carbocycles. The average Bonchev–Trinajstić information content (AvgIpc) is 3.42. The lowest BCUT2D eigenvalue weighted by molar-refractivity contribution is -0.136. The number of imide groups is 2. The molecule has 4 aromatic rings. The van der Waals surface area contributed by atoms with Gasteiger partial charge in [-0.1, -0.05) is 5.92 Å². The van der Waals surface area contributed by atoms with Crippen LogP contribution in [0.5, 0.6) is 11.5 Å². The molecule has 3 fully saturated rings. The molecule has 4 aliphatic heterocycles. The van der Waals surface area contributed by atoms with Crippen molar-refractivity contribution in [1.29, 1.82) is 0 Å². The fourth-order valence-corrected chi connectivity index (χ4v) is 8.33. The molecule has 0 aliphatic carbocycles. The van der Waals surface area contributed by atoms with Crippen LogP contribution in [0.2, 0.25) is 0 Å². The number of carbonyl (C=O) groups is 5. The monoisotopic (exact) mass is 742 g/mol. The molecule has 2 aromatic heterocycles. The summed E-state index contributed by atoms with van der Waals surface area (Å²) in [4.78, 5) is 85.1. The van der Waals surface area contributed by atoms with Crippen LogP contribution < -0.4 is 20.3 Å². The maximum absolute atomic E-state index is 13.2. The van der Waals surface area contributed by atoms with Crippen molar-refractivity contribution < 1.29 is 33.4 Å². The maximum atomic E-state index is 13.2. The Labute approximate surface area is 316 Å². The van der Waals surface area contributed by atoms with Crippen molar-refractivity contribution >= 4 is 40.3 Å². The minimum atomic E-state index is -1.05. The zero-order valence-electron chi connectivity index (χ0n) is 30.6. The van der Waals surface area contributed by atoms with E-state index in [9.17, 15) is 28.8 Å². The van der Waals surface area contributed by atoms with E-state index in [4.69, 9.17) is 9.47 Å². The zero-order chi connectivity index (χ0) is 38.6. The molecule has 14 heteroatoms. The molecule has 14 nitrogen and oxygen atoms in total. The van der Waals surface area contributed by atoms with Gasteiger partial charge in [-0.25, -0.2) is 0 Å². The minimum Gasteiger partial charge on any atom is -0.496 e. The summed E-state index contributed by atoms with van der Waals surface area (Å²) < 4.78 is 13.3. The second-order valence-corrected chi connectivity index (χ2v) is 14.6. The first-order valence-electron chi connectivity index (χ1n) is 18.1. The van der Waals surface area contributed by atoms with E-state index >= 15 is 0 Å². The van der Waals surface area contributed by atoms with Gasteiger partial charge in [-0.15, -0.1) is 0 Å². The fraction of sp³-hybridized carbons (Fsp3) is 0.341. The highest BCUT2D eigenvalue weighted by Crippen LogP contribution is 2.44. The fourth-order valence-electron chi connectivity index (χ4n) is 8.33. The number of benzene rings is 2. The number of ether oxygens (including phenoxy) is 2. The smallest absolute Gasteiger partial charge is 0.298 e. The third-order valence-electron chi connectivity index (χ3n) is 11.3. The van der Waals surface area contributed by atoms with E-state index in [1.54, 1.807) is 49.2 Å². The molecule has 1 unspecified atom stereocenters. The molecule has 3 saturated heterocycles. The number of piperidine rings is 2. The number of nitrogens with one attached hydrogen (secondary N) is 1. The number of hydrogen-bond donors (Lipinski definition) is 1. The topological polar surface area (TPSA) is 160 Å². The summed E-state index contributed by atoms with van der Waals surface area (Å²) in [6.45, 7) is 3.50. The Kier molecular flexibility index (Phi) is 8.97. The van der Waals surface area contributed by atoms with Crippen LogP contribution in [0.4, 0.5) is 0 Å². The lowest BCUT2D eigenvalue weighted by Crippen LogP contribution is -2.60. The second-order valence-electron chi connectivity index (χ2n) is 14.6.